The number of para-hydroxylation sites is 1. The Bertz CT molecular complexity index is 1140. The van der Waals surface area contributed by atoms with Gasteiger partial charge in [-0.1, -0.05) is 24.8 Å². The Labute approximate surface area is 204 Å². The molecular weight excluding hydrogens is 452 g/mol. The predicted molar refractivity (Wildman–Crippen MR) is 130 cm³/mol. The zero-order chi connectivity index (χ0) is 25.8. The number of phenolic OH excluding ortho intramolecular Hbond substituents is 1. The summed E-state index contributed by atoms with van der Waals surface area (Å²) in [6, 6.07) is 12.0. The zero-order valence-electron chi connectivity index (χ0n) is 20.4. The van der Waals surface area contributed by atoms with Crippen molar-refractivity contribution in [2.24, 2.45) is 0 Å². The van der Waals surface area contributed by atoms with Gasteiger partial charge in [-0.05, 0) is 44.5 Å². The quantitative estimate of drug-likeness (QED) is 0.485. The summed E-state index contributed by atoms with van der Waals surface area (Å²) in [4.78, 5) is 39.4. The third kappa shape index (κ3) is 6.53. The van der Waals surface area contributed by atoms with Crippen LogP contribution in [0.5, 0.6) is 11.5 Å². The maximum absolute atomic E-state index is 13.1. The minimum absolute atomic E-state index is 0.0504. The summed E-state index contributed by atoms with van der Waals surface area (Å²) in [6.45, 7) is 10.7. The molecule has 2 aromatic rings. The first-order chi connectivity index (χ1) is 16.5. The smallest absolute Gasteiger partial charge is 0.417 e. The van der Waals surface area contributed by atoms with Gasteiger partial charge >= 0.3 is 12.1 Å². The highest BCUT2D eigenvalue weighted by molar-refractivity contribution is 5.99. The molecule has 0 aromatic heterocycles. The number of esters is 1. The van der Waals surface area contributed by atoms with E-state index < -0.39 is 23.6 Å². The van der Waals surface area contributed by atoms with Gasteiger partial charge in [0.15, 0.2) is 0 Å². The Kier molecular flexibility index (Phi) is 7.68. The molecule has 1 heterocycles. The second-order valence-corrected chi connectivity index (χ2v) is 8.99. The number of imide groups is 1. The molecule has 0 bridgehead atoms. The minimum atomic E-state index is -0.750. The number of carbonyl (C=O) groups is 3. The molecule has 0 fully saturated rings. The molecule has 0 unspecified atom stereocenters. The number of benzene rings is 2. The van der Waals surface area contributed by atoms with Crippen molar-refractivity contribution in [1.29, 1.82) is 0 Å². The number of amides is 2. The van der Waals surface area contributed by atoms with Crippen molar-refractivity contribution in [1.82, 2.24) is 4.90 Å². The lowest BCUT2D eigenvalue weighted by molar-refractivity contribution is -0.141. The van der Waals surface area contributed by atoms with Gasteiger partial charge in [-0.15, -0.1) is 0 Å². The number of hydrogen-bond acceptors (Lipinski definition) is 8. The van der Waals surface area contributed by atoms with Gasteiger partial charge in [0.1, 0.15) is 36.9 Å². The second-order valence-electron chi connectivity index (χ2n) is 8.99. The topological polar surface area (TPSA) is 106 Å². The van der Waals surface area contributed by atoms with Crippen LogP contribution in [0.3, 0.4) is 0 Å². The van der Waals surface area contributed by atoms with E-state index in [1.54, 1.807) is 37.8 Å². The van der Waals surface area contributed by atoms with Crippen LogP contribution >= 0.6 is 0 Å². The van der Waals surface area contributed by atoms with E-state index >= 15 is 0 Å². The van der Waals surface area contributed by atoms with Crippen LogP contribution in [0, 0.1) is 0 Å². The first-order valence-corrected chi connectivity index (χ1v) is 11.1. The Morgan fingerprint density at radius 2 is 1.77 bits per heavy atom. The number of fused-ring (bicyclic) bond motifs is 1. The van der Waals surface area contributed by atoms with Gasteiger partial charge < -0.3 is 24.2 Å². The summed E-state index contributed by atoms with van der Waals surface area (Å²) in [6.07, 6.45) is -0.720. The average molecular weight is 483 g/mol. The normalized spacial score (nSPS) is 13.5. The van der Waals surface area contributed by atoms with E-state index in [1.165, 1.54) is 13.0 Å². The highest BCUT2D eigenvalue weighted by Crippen LogP contribution is 2.36. The molecule has 9 heteroatoms. The molecule has 1 aliphatic heterocycles. The van der Waals surface area contributed by atoms with Gasteiger partial charge in [0.05, 0.1) is 6.54 Å². The fraction of sp³-hybridized carbons (Fsp3) is 0.346. The molecule has 0 radical (unpaired) electrons. The molecule has 3 rings (SSSR count). The standard InChI is InChI=1S/C26H30N2O7/c1-17(21-11-10-20(14-23(21)30)34-13-12-33-18(2)29)27-16-24(31)28(25(32)35-26(3,4)5)15-19-8-6-7-9-22(19)27/h6-11,14,30H,1,12-13,15-16H2,2-5H3. The second kappa shape index (κ2) is 10.5. The lowest BCUT2D eigenvalue weighted by atomic mass is 10.1. The predicted octanol–water partition coefficient (Wildman–Crippen LogP) is 4.09. The maximum Gasteiger partial charge on any atom is 0.417 e. The van der Waals surface area contributed by atoms with Crippen molar-refractivity contribution in [3.63, 3.8) is 0 Å². The van der Waals surface area contributed by atoms with Crippen molar-refractivity contribution in [3.05, 3.63) is 60.2 Å². The van der Waals surface area contributed by atoms with Crippen LogP contribution in [0.4, 0.5) is 10.5 Å². The van der Waals surface area contributed by atoms with Crippen molar-refractivity contribution in [2.45, 2.75) is 39.8 Å². The summed E-state index contributed by atoms with van der Waals surface area (Å²) in [5.74, 6) is -0.574. The molecule has 0 aliphatic carbocycles. The van der Waals surface area contributed by atoms with Crippen molar-refractivity contribution in [3.8, 4) is 11.5 Å². The van der Waals surface area contributed by atoms with E-state index in [0.29, 0.717) is 22.7 Å². The van der Waals surface area contributed by atoms with Crippen molar-refractivity contribution < 1.29 is 33.7 Å². The van der Waals surface area contributed by atoms with E-state index in [1.807, 2.05) is 24.3 Å². The van der Waals surface area contributed by atoms with Crippen LogP contribution in [0.1, 0.15) is 38.8 Å². The molecule has 35 heavy (non-hydrogen) atoms. The SMILES string of the molecule is C=C(c1ccc(OCCOC(C)=O)cc1O)N1CC(=O)N(C(=O)OC(C)(C)C)Cc2ccccc21. The molecule has 9 nitrogen and oxygen atoms in total. The third-order valence-corrected chi connectivity index (χ3v) is 5.08. The number of carbonyl (C=O) groups excluding carboxylic acids is 3. The van der Waals surface area contributed by atoms with E-state index in [-0.39, 0.29) is 32.1 Å². The Hall–Kier alpha value is -4.01. The van der Waals surface area contributed by atoms with Crippen LogP contribution in [-0.4, -0.2) is 53.3 Å². The largest absolute Gasteiger partial charge is 0.507 e. The highest BCUT2D eigenvalue weighted by Gasteiger charge is 2.33. The number of anilines is 1. The van der Waals surface area contributed by atoms with Gasteiger partial charge in [0.25, 0.3) is 5.91 Å². The number of phenols is 1. The van der Waals surface area contributed by atoms with Gasteiger partial charge in [0, 0.05) is 29.9 Å². The van der Waals surface area contributed by atoms with E-state index in [0.717, 1.165) is 10.5 Å². The molecule has 2 aromatic carbocycles. The lowest BCUT2D eigenvalue weighted by Gasteiger charge is -2.27. The third-order valence-electron chi connectivity index (χ3n) is 5.08. The summed E-state index contributed by atoms with van der Waals surface area (Å²) in [5.41, 5.74) is 1.44. The fourth-order valence-corrected chi connectivity index (χ4v) is 3.53. The number of rotatable bonds is 6. The van der Waals surface area contributed by atoms with Crippen LogP contribution in [0.25, 0.3) is 5.70 Å². The van der Waals surface area contributed by atoms with Crippen LogP contribution < -0.4 is 9.64 Å². The van der Waals surface area contributed by atoms with E-state index in [2.05, 4.69) is 6.58 Å². The molecule has 1 aliphatic rings. The number of aromatic hydroxyl groups is 1. The molecule has 0 saturated heterocycles. The molecular formula is C26H30N2O7. The Morgan fingerprint density at radius 1 is 1.06 bits per heavy atom. The highest BCUT2D eigenvalue weighted by atomic mass is 16.6. The Morgan fingerprint density at radius 3 is 2.43 bits per heavy atom. The van der Waals surface area contributed by atoms with Gasteiger partial charge in [0.2, 0.25) is 0 Å². The van der Waals surface area contributed by atoms with Gasteiger partial charge in [-0.2, -0.15) is 0 Å². The van der Waals surface area contributed by atoms with E-state index in [4.69, 9.17) is 14.2 Å². The fourth-order valence-electron chi connectivity index (χ4n) is 3.53. The molecule has 2 amide bonds. The molecule has 0 saturated carbocycles. The van der Waals surface area contributed by atoms with Crippen molar-refractivity contribution >= 4 is 29.4 Å². The van der Waals surface area contributed by atoms with Gasteiger partial charge in [-0.3, -0.25) is 9.59 Å². The minimum Gasteiger partial charge on any atom is -0.507 e. The Balaban J connectivity index is 1.84. The lowest BCUT2D eigenvalue weighted by Crippen LogP contribution is -2.43. The molecule has 0 atom stereocenters. The first kappa shape index (κ1) is 25.6. The summed E-state index contributed by atoms with van der Waals surface area (Å²) in [5, 5.41) is 10.7. The van der Waals surface area contributed by atoms with Gasteiger partial charge in [-0.25, -0.2) is 9.69 Å². The molecule has 1 N–H and O–H groups in total. The monoisotopic (exact) mass is 482 g/mol. The maximum atomic E-state index is 13.1. The summed E-state index contributed by atoms with van der Waals surface area (Å²) >= 11 is 0. The summed E-state index contributed by atoms with van der Waals surface area (Å²) < 4.78 is 15.8. The molecule has 186 valence electrons. The zero-order valence-corrected chi connectivity index (χ0v) is 20.4. The first-order valence-electron chi connectivity index (χ1n) is 11.1. The number of nitrogens with zero attached hydrogens (tertiary/aromatic N) is 2. The summed E-state index contributed by atoms with van der Waals surface area (Å²) in [7, 11) is 0. The van der Waals surface area contributed by atoms with Crippen LogP contribution in [-0.2, 0) is 25.6 Å². The molecule has 0 spiro atoms. The van der Waals surface area contributed by atoms with E-state index in [9.17, 15) is 19.5 Å². The average Bonchev–Trinajstić information content (AvgIpc) is 2.92. The van der Waals surface area contributed by atoms with Crippen LogP contribution in [0.15, 0.2) is 49.0 Å². The number of hydrogen-bond donors (Lipinski definition) is 1. The van der Waals surface area contributed by atoms with Crippen LogP contribution in [0.2, 0.25) is 0 Å². The van der Waals surface area contributed by atoms with Crippen molar-refractivity contribution in [2.75, 3.05) is 24.7 Å². The number of ether oxygens (including phenoxy) is 3.